The van der Waals surface area contributed by atoms with Crippen molar-refractivity contribution in [3.05, 3.63) is 23.8 Å². The van der Waals surface area contributed by atoms with Gasteiger partial charge in [-0.2, -0.15) is 0 Å². The van der Waals surface area contributed by atoms with Gasteiger partial charge in [-0.05, 0) is 38.5 Å². The van der Waals surface area contributed by atoms with Crippen molar-refractivity contribution in [2.75, 3.05) is 12.8 Å². The summed E-state index contributed by atoms with van der Waals surface area (Å²) in [5, 5.41) is 22.1. The Hall–Kier alpha value is -1.31. The number of hydrogen-bond acceptors (Lipinski definition) is 5. The van der Waals surface area contributed by atoms with E-state index in [1.165, 1.54) is 6.07 Å². The SMILES string of the molecule is CC(NCC(C)(C)NS(C)(=O)=O)c1cc(O)cc(O)c1. The molecule has 7 heteroatoms. The van der Waals surface area contributed by atoms with E-state index in [2.05, 4.69) is 10.0 Å². The molecule has 0 saturated carbocycles. The molecule has 4 N–H and O–H groups in total. The molecule has 0 aromatic heterocycles. The number of aromatic hydroxyl groups is 2. The molecule has 20 heavy (non-hydrogen) atoms. The lowest BCUT2D eigenvalue weighted by Gasteiger charge is -2.27. The minimum atomic E-state index is -3.28. The molecule has 0 spiro atoms. The molecular weight excluding hydrogens is 280 g/mol. The van der Waals surface area contributed by atoms with E-state index in [9.17, 15) is 18.6 Å². The zero-order valence-corrected chi connectivity index (χ0v) is 13.0. The van der Waals surface area contributed by atoms with E-state index in [-0.39, 0.29) is 17.5 Å². The standard InChI is InChI=1S/C13H22N2O4S/c1-9(10-5-11(16)7-12(17)6-10)14-8-13(2,3)15-20(4,18)19/h5-7,9,14-17H,8H2,1-4H3. The number of phenolic OH excluding ortho intramolecular Hbond substituents is 2. The first kappa shape index (κ1) is 16.7. The van der Waals surface area contributed by atoms with Gasteiger partial charge in [0, 0.05) is 24.2 Å². The van der Waals surface area contributed by atoms with E-state index in [0.29, 0.717) is 6.54 Å². The molecule has 1 atom stereocenters. The molecule has 0 amide bonds. The Kier molecular flexibility index (Phi) is 5.01. The summed E-state index contributed by atoms with van der Waals surface area (Å²) in [4.78, 5) is 0. The Morgan fingerprint density at radius 1 is 1.20 bits per heavy atom. The van der Waals surface area contributed by atoms with Gasteiger partial charge in [0.15, 0.2) is 0 Å². The predicted molar refractivity (Wildman–Crippen MR) is 78.2 cm³/mol. The van der Waals surface area contributed by atoms with Crippen molar-refractivity contribution in [3.8, 4) is 11.5 Å². The minimum absolute atomic E-state index is 0.0119. The zero-order valence-electron chi connectivity index (χ0n) is 12.1. The molecule has 1 unspecified atom stereocenters. The highest BCUT2D eigenvalue weighted by Crippen LogP contribution is 2.24. The predicted octanol–water partition coefficient (Wildman–Crippen LogP) is 1.08. The van der Waals surface area contributed by atoms with Crippen molar-refractivity contribution in [2.24, 2.45) is 0 Å². The van der Waals surface area contributed by atoms with Crippen molar-refractivity contribution in [1.29, 1.82) is 0 Å². The molecule has 0 bridgehead atoms. The molecule has 0 saturated heterocycles. The topological polar surface area (TPSA) is 98.7 Å². The van der Waals surface area contributed by atoms with Crippen molar-refractivity contribution >= 4 is 10.0 Å². The number of rotatable bonds is 6. The van der Waals surface area contributed by atoms with Crippen molar-refractivity contribution in [1.82, 2.24) is 10.0 Å². The van der Waals surface area contributed by atoms with Crippen LogP contribution in [-0.2, 0) is 10.0 Å². The van der Waals surface area contributed by atoms with Crippen LogP contribution in [0.15, 0.2) is 18.2 Å². The highest BCUT2D eigenvalue weighted by atomic mass is 32.2. The third-order valence-electron chi connectivity index (χ3n) is 2.74. The lowest BCUT2D eigenvalue weighted by Crippen LogP contribution is -2.50. The van der Waals surface area contributed by atoms with Crippen LogP contribution in [0.1, 0.15) is 32.4 Å². The maximum atomic E-state index is 11.2. The molecule has 1 aromatic carbocycles. The average molecular weight is 302 g/mol. The summed E-state index contributed by atoms with van der Waals surface area (Å²) in [5.41, 5.74) is 0.0819. The summed E-state index contributed by atoms with van der Waals surface area (Å²) in [6.07, 6.45) is 1.12. The molecule has 1 aromatic rings. The van der Waals surface area contributed by atoms with Crippen LogP contribution < -0.4 is 10.0 Å². The van der Waals surface area contributed by atoms with E-state index >= 15 is 0 Å². The number of phenols is 2. The molecular formula is C13H22N2O4S. The number of benzene rings is 1. The second-order valence-electron chi connectivity index (χ2n) is 5.64. The van der Waals surface area contributed by atoms with Gasteiger partial charge in [-0.25, -0.2) is 13.1 Å². The van der Waals surface area contributed by atoms with Gasteiger partial charge in [0.1, 0.15) is 11.5 Å². The highest BCUT2D eigenvalue weighted by Gasteiger charge is 2.22. The number of sulfonamides is 1. The van der Waals surface area contributed by atoms with Crippen molar-refractivity contribution in [3.63, 3.8) is 0 Å². The number of nitrogens with one attached hydrogen (secondary N) is 2. The second kappa shape index (κ2) is 5.99. The fourth-order valence-electron chi connectivity index (χ4n) is 1.93. The lowest BCUT2D eigenvalue weighted by molar-refractivity contribution is 0.397. The maximum absolute atomic E-state index is 11.2. The molecule has 0 aliphatic rings. The van der Waals surface area contributed by atoms with Crippen LogP contribution in [0.5, 0.6) is 11.5 Å². The van der Waals surface area contributed by atoms with Gasteiger partial charge < -0.3 is 15.5 Å². The first-order valence-corrected chi connectivity index (χ1v) is 8.13. The first-order chi connectivity index (χ1) is 8.98. The largest absolute Gasteiger partial charge is 0.508 e. The summed E-state index contributed by atoms with van der Waals surface area (Å²) in [7, 11) is -3.28. The fraction of sp³-hybridized carbons (Fsp3) is 0.538. The van der Waals surface area contributed by atoms with Gasteiger partial charge in [-0.15, -0.1) is 0 Å². The summed E-state index contributed by atoms with van der Waals surface area (Å²) in [6.45, 7) is 5.81. The van der Waals surface area contributed by atoms with Crippen LogP contribution in [0.4, 0.5) is 0 Å². The van der Waals surface area contributed by atoms with Crippen LogP contribution in [0.25, 0.3) is 0 Å². The molecule has 1 rings (SSSR count). The molecule has 114 valence electrons. The van der Waals surface area contributed by atoms with E-state index in [1.54, 1.807) is 26.0 Å². The van der Waals surface area contributed by atoms with E-state index in [0.717, 1.165) is 11.8 Å². The van der Waals surface area contributed by atoms with E-state index < -0.39 is 15.6 Å². The van der Waals surface area contributed by atoms with Gasteiger partial charge in [0.05, 0.1) is 6.26 Å². The van der Waals surface area contributed by atoms with Crippen molar-refractivity contribution < 1.29 is 18.6 Å². The molecule has 0 radical (unpaired) electrons. The third kappa shape index (κ3) is 5.77. The van der Waals surface area contributed by atoms with Crippen molar-refractivity contribution in [2.45, 2.75) is 32.4 Å². The van der Waals surface area contributed by atoms with Crippen LogP contribution >= 0.6 is 0 Å². The molecule has 0 aliphatic carbocycles. The maximum Gasteiger partial charge on any atom is 0.209 e. The van der Waals surface area contributed by atoms with E-state index in [4.69, 9.17) is 0 Å². The summed E-state index contributed by atoms with van der Waals surface area (Å²) >= 11 is 0. The third-order valence-corrected chi connectivity index (χ3v) is 3.66. The van der Waals surface area contributed by atoms with Gasteiger partial charge >= 0.3 is 0 Å². The second-order valence-corrected chi connectivity index (χ2v) is 7.39. The van der Waals surface area contributed by atoms with E-state index in [1.807, 2.05) is 6.92 Å². The fourth-order valence-corrected chi connectivity index (χ4v) is 3.01. The Balaban J connectivity index is 2.69. The summed E-state index contributed by atoms with van der Waals surface area (Å²) < 4.78 is 25.0. The van der Waals surface area contributed by atoms with Gasteiger partial charge in [0.2, 0.25) is 10.0 Å². The Labute approximate surface area is 119 Å². The lowest BCUT2D eigenvalue weighted by atomic mass is 10.0. The monoisotopic (exact) mass is 302 g/mol. The zero-order chi connectivity index (χ0) is 15.6. The van der Waals surface area contributed by atoms with Gasteiger partial charge in [-0.1, -0.05) is 0 Å². The molecule has 0 fully saturated rings. The summed E-state index contributed by atoms with van der Waals surface area (Å²) in [6, 6.07) is 4.21. The van der Waals surface area contributed by atoms with Crippen LogP contribution in [0.2, 0.25) is 0 Å². The highest BCUT2D eigenvalue weighted by molar-refractivity contribution is 7.88. The van der Waals surface area contributed by atoms with Gasteiger partial charge in [0.25, 0.3) is 0 Å². The van der Waals surface area contributed by atoms with Crippen LogP contribution in [0, 0.1) is 0 Å². The minimum Gasteiger partial charge on any atom is -0.508 e. The Morgan fingerprint density at radius 3 is 2.15 bits per heavy atom. The Bertz CT molecular complexity index is 549. The van der Waals surface area contributed by atoms with Gasteiger partial charge in [-0.3, -0.25) is 0 Å². The Morgan fingerprint density at radius 2 is 1.70 bits per heavy atom. The quantitative estimate of drug-likeness (QED) is 0.630. The molecule has 0 heterocycles. The normalized spacial score (nSPS) is 14.2. The molecule has 6 nitrogen and oxygen atoms in total. The first-order valence-electron chi connectivity index (χ1n) is 6.24. The molecule has 0 aliphatic heterocycles. The smallest absolute Gasteiger partial charge is 0.209 e. The van der Waals surface area contributed by atoms with Crippen LogP contribution in [-0.4, -0.2) is 37.0 Å². The average Bonchev–Trinajstić information content (AvgIpc) is 2.21. The summed E-state index contributed by atoms with van der Waals surface area (Å²) in [5.74, 6) is -0.0238. The number of hydrogen-bond donors (Lipinski definition) is 4. The van der Waals surface area contributed by atoms with Crippen LogP contribution in [0.3, 0.4) is 0 Å².